The summed E-state index contributed by atoms with van der Waals surface area (Å²) in [5.41, 5.74) is 11.1. The molecule has 0 amide bonds. The number of rotatable bonds is 9. The molecule has 1 atom stereocenters. The van der Waals surface area contributed by atoms with Gasteiger partial charge in [-0.1, -0.05) is 30.3 Å². The van der Waals surface area contributed by atoms with Crippen LogP contribution in [0.4, 0.5) is 0 Å². The van der Waals surface area contributed by atoms with Crippen LogP contribution in [-0.4, -0.2) is 42.7 Å². The molecule has 146 valence electrons. The minimum absolute atomic E-state index is 0.677. The Hall–Kier alpha value is -2.15. The first kappa shape index (κ1) is 19.6. The highest BCUT2D eigenvalue weighted by Gasteiger charge is 2.35. The van der Waals surface area contributed by atoms with Gasteiger partial charge in [0.25, 0.3) is 0 Å². The second-order valence-electron chi connectivity index (χ2n) is 7.58. The van der Waals surface area contributed by atoms with Gasteiger partial charge in [-0.3, -0.25) is 5.73 Å². The summed E-state index contributed by atoms with van der Waals surface area (Å²) in [4.78, 5) is 6.86. The van der Waals surface area contributed by atoms with Gasteiger partial charge in [0.15, 0.2) is 5.79 Å². The zero-order valence-electron chi connectivity index (χ0n) is 16.6. The van der Waals surface area contributed by atoms with Crippen LogP contribution in [-0.2, 0) is 19.4 Å². The number of hydrogen-bond donors (Lipinski definition) is 2. The minimum atomic E-state index is -0.677. The third kappa shape index (κ3) is 5.42. The van der Waals surface area contributed by atoms with E-state index in [0.717, 1.165) is 56.0 Å². The fourth-order valence-electron chi connectivity index (χ4n) is 3.35. The number of furan rings is 1. The molecule has 3 N–H and O–H groups in total. The van der Waals surface area contributed by atoms with Crippen molar-refractivity contribution in [2.24, 2.45) is 10.7 Å². The normalized spacial score (nSPS) is 20.1. The van der Waals surface area contributed by atoms with Crippen molar-refractivity contribution in [3.8, 4) is 0 Å². The first-order chi connectivity index (χ1) is 12.9. The van der Waals surface area contributed by atoms with Crippen molar-refractivity contribution in [1.82, 2.24) is 15.3 Å². The summed E-state index contributed by atoms with van der Waals surface area (Å²) in [7, 11) is 6.05. The van der Waals surface area contributed by atoms with Crippen LogP contribution in [0.25, 0.3) is 0 Å². The van der Waals surface area contributed by atoms with Gasteiger partial charge >= 0.3 is 0 Å². The van der Waals surface area contributed by atoms with Crippen molar-refractivity contribution in [2.75, 3.05) is 21.1 Å². The van der Waals surface area contributed by atoms with E-state index in [2.05, 4.69) is 34.6 Å². The Morgan fingerprint density at radius 2 is 1.85 bits per heavy atom. The second-order valence-corrected chi connectivity index (χ2v) is 7.58. The Morgan fingerprint density at radius 3 is 2.59 bits per heavy atom. The smallest absolute Gasteiger partial charge is 0.182 e. The van der Waals surface area contributed by atoms with Crippen LogP contribution in [0.5, 0.6) is 0 Å². The molecule has 6 heteroatoms. The number of benzene rings is 1. The van der Waals surface area contributed by atoms with E-state index >= 15 is 0 Å². The summed E-state index contributed by atoms with van der Waals surface area (Å²) >= 11 is 0. The van der Waals surface area contributed by atoms with Crippen molar-refractivity contribution in [3.63, 3.8) is 0 Å². The molecule has 0 saturated heterocycles. The van der Waals surface area contributed by atoms with Gasteiger partial charge in [0, 0.05) is 26.3 Å². The van der Waals surface area contributed by atoms with Gasteiger partial charge in [-0.05, 0) is 44.6 Å². The zero-order valence-corrected chi connectivity index (χ0v) is 16.6. The highest BCUT2D eigenvalue weighted by atomic mass is 16.3. The van der Waals surface area contributed by atoms with Crippen LogP contribution in [0.2, 0.25) is 0 Å². The summed E-state index contributed by atoms with van der Waals surface area (Å²) < 4.78 is 5.87. The third-order valence-electron chi connectivity index (χ3n) is 4.83. The predicted molar refractivity (Wildman–Crippen MR) is 109 cm³/mol. The van der Waals surface area contributed by atoms with Crippen molar-refractivity contribution >= 4 is 5.84 Å². The first-order valence-corrected chi connectivity index (χ1v) is 9.59. The van der Waals surface area contributed by atoms with Crippen molar-refractivity contribution in [1.29, 1.82) is 0 Å². The summed E-state index contributed by atoms with van der Waals surface area (Å²) in [6, 6.07) is 14.5. The molecule has 6 nitrogen and oxygen atoms in total. The average molecular weight is 370 g/mol. The van der Waals surface area contributed by atoms with E-state index in [1.165, 1.54) is 5.56 Å². The standard InChI is InChI=1S/C21H31N5O/c1-25(2)16-19-13-12-18(27-19)11-7-8-14-21(22)23-20(24-26(21)3)15-17-9-5-4-6-10-17/h4-6,9-10,12-13H,7-8,11,14-16,22H2,1-3H3,(H,23,24). The van der Waals surface area contributed by atoms with Crippen molar-refractivity contribution < 1.29 is 4.42 Å². The highest BCUT2D eigenvalue weighted by Crippen LogP contribution is 2.22. The van der Waals surface area contributed by atoms with Gasteiger partial charge in [-0.2, -0.15) is 5.01 Å². The van der Waals surface area contributed by atoms with Crippen LogP contribution < -0.4 is 11.2 Å². The summed E-state index contributed by atoms with van der Waals surface area (Å²) in [5.74, 6) is 2.30. The van der Waals surface area contributed by atoms with E-state index in [1.54, 1.807) is 0 Å². The predicted octanol–water partition coefficient (Wildman–Crippen LogP) is 2.76. The monoisotopic (exact) mass is 369 g/mol. The van der Waals surface area contributed by atoms with Gasteiger partial charge in [0.1, 0.15) is 17.4 Å². The highest BCUT2D eigenvalue weighted by molar-refractivity contribution is 5.85. The molecule has 3 rings (SSSR count). The van der Waals surface area contributed by atoms with Crippen molar-refractivity contribution in [3.05, 3.63) is 59.5 Å². The minimum Gasteiger partial charge on any atom is -0.465 e. The van der Waals surface area contributed by atoms with E-state index in [4.69, 9.17) is 15.1 Å². The summed E-state index contributed by atoms with van der Waals surface area (Å²) in [6.07, 6.45) is 4.53. The lowest BCUT2D eigenvalue weighted by Crippen LogP contribution is -2.53. The largest absolute Gasteiger partial charge is 0.465 e. The number of hydrazine groups is 1. The van der Waals surface area contributed by atoms with Gasteiger partial charge in [-0.15, -0.1) is 0 Å². The van der Waals surface area contributed by atoms with E-state index < -0.39 is 5.79 Å². The molecular weight excluding hydrogens is 338 g/mol. The fraction of sp³-hybridized carbons (Fsp3) is 0.476. The molecule has 1 aromatic heterocycles. The summed E-state index contributed by atoms with van der Waals surface area (Å²) in [6.45, 7) is 0.835. The fourth-order valence-corrected chi connectivity index (χ4v) is 3.35. The molecule has 0 fully saturated rings. The van der Waals surface area contributed by atoms with E-state index in [0.29, 0.717) is 0 Å². The first-order valence-electron chi connectivity index (χ1n) is 9.59. The van der Waals surface area contributed by atoms with E-state index in [9.17, 15) is 0 Å². The molecule has 0 saturated carbocycles. The van der Waals surface area contributed by atoms with Crippen LogP contribution in [0.3, 0.4) is 0 Å². The zero-order chi connectivity index (χ0) is 19.3. The van der Waals surface area contributed by atoms with Gasteiger partial charge < -0.3 is 14.7 Å². The molecule has 0 spiro atoms. The number of hydrogen-bond acceptors (Lipinski definition) is 6. The molecule has 2 aromatic rings. The van der Waals surface area contributed by atoms with Gasteiger partial charge in [0.2, 0.25) is 0 Å². The molecule has 1 aromatic carbocycles. The summed E-state index contributed by atoms with van der Waals surface area (Å²) in [5, 5.41) is 1.92. The van der Waals surface area contributed by atoms with E-state index in [1.807, 2.05) is 44.4 Å². The Bertz CT molecular complexity index is 755. The Kier molecular flexibility index (Phi) is 6.31. The number of nitrogens with zero attached hydrogens (tertiary/aromatic N) is 3. The molecule has 1 aliphatic heterocycles. The number of nitrogens with two attached hydrogens (primary N) is 1. The quantitative estimate of drug-likeness (QED) is 0.665. The lowest BCUT2D eigenvalue weighted by molar-refractivity contribution is 0.114. The average Bonchev–Trinajstić information content (AvgIpc) is 3.17. The lowest BCUT2D eigenvalue weighted by atomic mass is 10.1. The topological polar surface area (TPSA) is 70.0 Å². The molecule has 1 aliphatic rings. The SMILES string of the molecule is CN(C)Cc1ccc(CCCCC2(N)N=C(Cc3ccccc3)NN2C)o1. The molecule has 0 radical (unpaired) electrons. The number of aliphatic imine (C=N–C) groups is 1. The third-order valence-corrected chi connectivity index (χ3v) is 4.83. The Morgan fingerprint density at radius 1 is 1.11 bits per heavy atom. The Labute approximate surface area is 162 Å². The van der Waals surface area contributed by atoms with Crippen LogP contribution >= 0.6 is 0 Å². The maximum atomic E-state index is 6.53. The number of unbranched alkanes of at least 4 members (excludes halogenated alkanes) is 1. The molecule has 27 heavy (non-hydrogen) atoms. The molecule has 1 unspecified atom stereocenters. The maximum absolute atomic E-state index is 6.53. The lowest BCUT2D eigenvalue weighted by Gasteiger charge is -2.28. The van der Waals surface area contributed by atoms with E-state index in [-0.39, 0.29) is 0 Å². The van der Waals surface area contributed by atoms with Gasteiger partial charge in [0.05, 0.1) is 6.54 Å². The number of nitrogens with one attached hydrogen (secondary N) is 1. The maximum Gasteiger partial charge on any atom is 0.182 e. The molecule has 2 heterocycles. The molecule has 0 bridgehead atoms. The van der Waals surface area contributed by atoms with Crippen molar-refractivity contribution in [2.45, 2.75) is 44.4 Å². The molecular formula is C21H31N5O. The Balaban J connectivity index is 1.47. The number of amidine groups is 1. The van der Waals surface area contributed by atoms with Crippen LogP contribution in [0, 0.1) is 0 Å². The second kappa shape index (κ2) is 8.69. The molecule has 0 aliphatic carbocycles. The van der Waals surface area contributed by atoms with Crippen LogP contribution in [0.15, 0.2) is 51.9 Å². The van der Waals surface area contributed by atoms with Crippen LogP contribution in [0.1, 0.15) is 36.3 Å². The van der Waals surface area contributed by atoms with Gasteiger partial charge in [-0.25, -0.2) is 4.99 Å². The number of aryl methyl sites for hydroxylation is 1.